The molecular weight excluding hydrogens is 312 g/mol. The van der Waals surface area contributed by atoms with Crippen LogP contribution in [-0.2, 0) is 4.79 Å². The van der Waals surface area contributed by atoms with Crippen molar-refractivity contribution in [3.8, 4) is 0 Å². The number of nitrogens with zero attached hydrogens (tertiary/aromatic N) is 3. The average Bonchev–Trinajstić information content (AvgIpc) is 3.09. The van der Waals surface area contributed by atoms with E-state index in [1.807, 2.05) is 25.7 Å². The second-order valence-corrected chi connectivity index (χ2v) is 7.91. The summed E-state index contributed by atoms with van der Waals surface area (Å²) in [5.74, 6) is -0.245. The van der Waals surface area contributed by atoms with Gasteiger partial charge >= 0.3 is 0 Å². The van der Waals surface area contributed by atoms with Crippen molar-refractivity contribution >= 4 is 33.5 Å². The van der Waals surface area contributed by atoms with E-state index in [0.29, 0.717) is 18.0 Å². The summed E-state index contributed by atoms with van der Waals surface area (Å²) >= 11 is 1.28. The van der Waals surface area contributed by atoms with E-state index in [-0.39, 0.29) is 11.8 Å². The van der Waals surface area contributed by atoms with Crippen molar-refractivity contribution in [2.45, 2.75) is 33.1 Å². The quantitative estimate of drug-likeness (QED) is 0.912. The Morgan fingerprint density at radius 1 is 1.30 bits per heavy atom. The zero-order valence-corrected chi connectivity index (χ0v) is 14.3. The van der Waals surface area contributed by atoms with E-state index < -0.39 is 11.3 Å². The Labute approximate surface area is 138 Å². The fourth-order valence-electron chi connectivity index (χ4n) is 3.06. The van der Waals surface area contributed by atoms with E-state index in [9.17, 15) is 9.59 Å². The third kappa shape index (κ3) is 2.81. The number of carbonyl (C=O) groups is 2. The lowest BCUT2D eigenvalue weighted by atomic mass is 9.94. The summed E-state index contributed by atoms with van der Waals surface area (Å²) < 4.78 is 0. The number of thiophene rings is 1. The van der Waals surface area contributed by atoms with Gasteiger partial charge in [0.1, 0.15) is 10.3 Å². The summed E-state index contributed by atoms with van der Waals surface area (Å²) in [5.41, 5.74) is 6.73. The molecule has 0 aromatic carbocycles. The molecule has 2 aromatic rings. The van der Waals surface area contributed by atoms with Crippen LogP contribution in [0.15, 0.2) is 12.4 Å². The number of hydrogen-bond acceptors (Lipinski definition) is 5. The van der Waals surface area contributed by atoms with Crippen LogP contribution < -0.4 is 5.73 Å². The number of likely N-dealkylation sites (tertiary alicyclic amines) is 1. The van der Waals surface area contributed by atoms with Crippen molar-refractivity contribution in [3.05, 3.63) is 22.8 Å². The van der Waals surface area contributed by atoms with Crippen LogP contribution in [0, 0.1) is 5.41 Å². The Bertz CT molecular complexity index is 778. The van der Waals surface area contributed by atoms with Crippen molar-refractivity contribution in [2.24, 2.45) is 11.1 Å². The molecule has 1 saturated heterocycles. The van der Waals surface area contributed by atoms with Gasteiger partial charge in [-0.1, -0.05) is 20.8 Å². The SMILES string of the molecule is CC(C)(C)C(=O)N1CCC(c2c(C(N)=O)sc3nccnc23)C1. The minimum atomic E-state index is -0.453. The molecule has 3 heterocycles. The molecule has 2 amide bonds. The van der Waals surface area contributed by atoms with Crippen molar-refractivity contribution in [3.63, 3.8) is 0 Å². The molecule has 0 spiro atoms. The number of amides is 2. The summed E-state index contributed by atoms with van der Waals surface area (Å²) in [7, 11) is 0. The number of primary amides is 1. The van der Waals surface area contributed by atoms with Gasteiger partial charge in [-0.05, 0) is 6.42 Å². The molecule has 6 nitrogen and oxygen atoms in total. The molecular formula is C16H20N4O2S. The van der Waals surface area contributed by atoms with E-state index in [1.54, 1.807) is 12.4 Å². The van der Waals surface area contributed by atoms with Gasteiger partial charge < -0.3 is 10.6 Å². The molecule has 122 valence electrons. The highest BCUT2D eigenvalue weighted by atomic mass is 32.1. The summed E-state index contributed by atoms with van der Waals surface area (Å²) in [5, 5.41) is 0. The highest BCUT2D eigenvalue weighted by Crippen LogP contribution is 2.39. The van der Waals surface area contributed by atoms with Crippen molar-refractivity contribution in [2.75, 3.05) is 13.1 Å². The van der Waals surface area contributed by atoms with E-state index >= 15 is 0 Å². The van der Waals surface area contributed by atoms with Crippen LogP contribution >= 0.6 is 11.3 Å². The largest absolute Gasteiger partial charge is 0.365 e. The molecule has 0 radical (unpaired) electrons. The monoisotopic (exact) mass is 332 g/mol. The lowest BCUT2D eigenvalue weighted by molar-refractivity contribution is -0.138. The van der Waals surface area contributed by atoms with Gasteiger partial charge in [-0.3, -0.25) is 14.6 Å². The minimum Gasteiger partial charge on any atom is -0.365 e. The molecule has 1 atom stereocenters. The Kier molecular flexibility index (Phi) is 3.83. The number of fused-ring (bicyclic) bond motifs is 1. The van der Waals surface area contributed by atoms with Gasteiger partial charge in [0.25, 0.3) is 5.91 Å². The summed E-state index contributed by atoms with van der Waals surface area (Å²) in [6, 6.07) is 0. The lowest BCUT2D eigenvalue weighted by Gasteiger charge is -2.25. The smallest absolute Gasteiger partial charge is 0.259 e. The molecule has 1 aliphatic heterocycles. The first-order valence-electron chi connectivity index (χ1n) is 7.61. The van der Waals surface area contributed by atoms with E-state index in [4.69, 9.17) is 5.73 Å². The topological polar surface area (TPSA) is 89.2 Å². The maximum absolute atomic E-state index is 12.5. The number of aromatic nitrogens is 2. The lowest BCUT2D eigenvalue weighted by Crippen LogP contribution is -2.37. The van der Waals surface area contributed by atoms with Crippen LogP contribution in [-0.4, -0.2) is 39.8 Å². The maximum Gasteiger partial charge on any atom is 0.259 e. The fourth-order valence-corrected chi connectivity index (χ4v) is 4.10. The van der Waals surface area contributed by atoms with Gasteiger partial charge in [0.2, 0.25) is 5.91 Å². The number of hydrogen-bond donors (Lipinski definition) is 1. The normalized spacial score (nSPS) is 18.6. The first-order chi connectivity index (χ1) is 10.8. The van der Waals surface area contributed by atoms with Crippen LogP contribution in [0.5, 0.6) is 0 Å². The highest BCUT2D eigenvalue weighted by Gasteiger charge is 2.36. The molecule has 1 aliphatic rings. The standard InChI is InChI=1S/C16H20N4O2S/c1-16(2,3)15(22)20-7-4-9(8-20)10-11-14(19-6-5-18-11)23-12(10)13(17)21/h5-6,9H,4,7-8H2,1-3H3,(H2,17,21). The third-order valence-corrected chi connectivity index (χ3v) is 5.23. The van der Waals surface area contributed by atoms with Crippen LogP contribution in [0.1, 0.15) is 48.3 Å². The van der Waals surface area contributed by atoms with Gasteiger partial charge in [0.15, 0.2) is 0 Å². The number of rotatable bonds is 2. The highest BCUT2D eigenvalue weighted by molar-refractivity contribution is 7.20. The summed E-state index contributed by atoms with van der Waals surface area (Å²) in [6.07, 6.45) is 4.04. The van der Waals surface area contributed by atoms with Crippen LogP contribution in [0.2, 0.25) is 0 Å². The molecule has 23 heavy (non-hydrogen) atoms. The van der Waals surface area contributed by atoms with E-state index in [2.05, 4.69) is 9.97 Å². The van der Waals surface area contributed by atoms with Gasteiger partial charge in [-0.15, -0.1) is 11.3 Å². The van der Waals surface area contributed by atoms with Crippen LogP contribution in [0.3, 0.4) is 0 Å². The predicted octanol–water partition coefficient (Wildman–Crippen LogP) is 2.15. The van der Waals surface area contributed by atoms with Crippen molar-refractivity contribution < 1.29 is 9.59 Å². The molecule has 3 rings (SSSR count). The molecule has 2 N–H and O–H groups in total. The second-order valence-electron chi connectivity index (χ2n) is 6.91. The Hall–Kier alpha value is -2.02. The predicted molar refractivity (Wildman–Crippen MR) is 89.3 cm³/mol. The van der Waals surface area contributed by atoms with Crippen LogP contribution in [0.25, 0.3) is 10.3 Å². The number of carbonyl (C=O) groups excluding carboxylic acids is 2. The zero-order valence-electron chi connectivity index (χ0n) is 13.5. The fraction of sp³-hybridized carbons (Fsp3) is 0.500. The Morgan fingerprint density at radius 2 is 2.00 bits per heavy atom. The minimum absolute atomic E-state index is 0.0780. The first kappa shape index (κ1) is 15.9. The Morgan fingerprint density at radius 3 is 2.65 bits per heavy atom. The van der Waals surface area contributed by atoms with Crippen molar-refractivity contribution in [1.29, 1.82) is 0 Å². The maximum atomic E-state index is 12.5. The van der Waals surface area contributed by atoms with Gasteiger partial charge in [-0.2, -0.15) is 0 Å². The first-order valence-corrected chi connectivity index (χ1v) is 8.43. The van der Waals surface area contributed by atoms with Gasteiger partial charge in [0.05, 0.1) is 4.88 Å². The molecule has 0 bridgehead atoms. The zero-order chi connectivity index (χ0) is 16.8. The third-order valence-electron chi connectivity index (χ3n) is 4.11. The molecule has 0 aliphatic carbocycles. The summed E-state index contributed by atoms with van der Waals surface area (Å²) in [6.45, 7) is 7.05. The molecule has 1 unspecified atom stereocenters. The second kappa shape index (κ2) is 5.56. The average molecular weight is 332 g/mol. The van der Waals surface area contributed by atoms with Gasteiger partial charge in [-0.25, -0.2) is 4.98 Å². The van der Waals surface area contributed by atoms with Crippen LogP contribution in [0.4, 0.5) is 0 Å². The van der Waals surface area contributed by atoms with E-state index in [0.717, 1.165) is 22.3 Å². The summed E-state index contributed by atoms with van der Waals surface area (Å²) in [4.78, 5) is 36.1. The number of nitrogens with two attached hydrogens (primary N) is 1. The van der Waals surface area contributed by atoms with Crippen molar-refractivity contribution in [1.82, 2.24) is 14.9 Å². The Balaban J connectivity index is 1.97. The molecule has 1 fully saturated rings. The molecule has 7 heteroatoms. The van der Waals surface area contributed by atoms with E-state index in [1.165, 1.54) is 11.3 Å². The molecule has 0 saturated carbocycles. The molecule has 2 aromatic heterocycles. The van der Waals surface area contributed by atoms with Gasteiger partial charge in [0, 0.05) is 42.4 Å².